The van der Waals surface area contributed by atoms with Gasteiger partial charge in [-0.15, -0.1) is 29.3 Å². The van der Waals surface area contributed by atoms with Crippen LogP contribution in [-0.4, -0.2) is 19.6 Å². The van der Waals surface area contributed by atoms with Crippen LogP contribution in [0.1, 0.15) is 159 Å². The fourth-order valence-electron chi connectivity index (χ4n) is 9.01. The van der Waals surface area contributed by atoms with E-state index in [-0.39, 0.29) is 48.5 Å². The zero-order chi connectivity index (χ0) is 51.1. The maximum atomic E-state index is 12.6. The van der Waals surface area contributed by atoms with Crippen molar-refractivity contribution in [2.45, 2.75) is 144 Å². The number of para-hydroxylation sites is 1. The van der Waals surface area contributed by atoms with Gasteiger partial charge in [0.05, 0.1) is 22.3 Å². The van der Waals surface area contributed by atoms with E-state index < -0.39 is 11.8 Å². The van der Waals surface area contributed by atoms with Crippen molar-refractivity contribution in [3.63, 3.8) is 0 Å². The molecule has 69 heavy (non-hydrogen) atoms. The molecule has 8 rings (SSSR count). The van der Waals surface area contributed by atoms with Crippen molar-refractivity contribution in [2.24, 2.45) is 0 Å². The Morgan fingerprint density at radius 1 is 0.536 bits per heavy atom. The molecule has 0 radical (unpaired) electrons. The Labute approximate surface area is 430 Å². The number of hydrogen-bond acceptors (Lipinski definition) is 3. The maximum Gasteiger partial charge on any atom is 0.148 e. The van der Waals surface area contributed by atoms with Crippen LogP contribution in [0.3, 0.4) is 0 Å². The van der Waals surface area contributed by atoms with E-state index in [0.717, 1.165) is 89.2 Å². The summed E-state index contributed by atoms with van der Waals surface area (Å²) in [5, 5.41) is 12.6. The van der Waals surface area contributed by atoms with Gasteiger partial charge in [0.25, 0.3) is 0 Å². The number of nitrogens with zero attached hydrogens (tertiary/aromatic N) is 3. The predicted molar refractivity (Wildman–Crippen MR) is 290 cm³/mol. The van der Waals surface area contributed by atoms with Crippen molar-refractivity contribution in [2.75, 3.05) is 0 Å². The van der Waals surface area contributed by atoms with E-state index in [1.807, 2.05) is 46.0 Å². The van der Waals surface area contributed by atoms with Crippen LogP contribution < -0.4 is 0 Å². The molecule has 0 aliphatic rings. The van der Waals surface area contributed by atoms with Gasteiger partial charge in [0.2, 0.25) is 0 Å². The molecule has 0 amide bonds. The van der Waals surface area contributed by atoms with Crippen LogP contribution in [0.4, 0.5) is 0 Å². The molecule has 0 atom stereocenters. The van der Waals surface area contributed by atoms with Crippen LogP contribution in [0.25, 0.3) is 72.7 Å². The molecule has 5 heteroatoms. The fraction of sp³-hybridized carbons (Fsp3) is 0.344. The summed E-state index contributed by atoms with van der Waals surface area (Å²) in [7, 11) is 0. The molecule has 0 saturated heterocycles. The van der Waals surface area contributed by atoms with Crippen LogP contribution >= 0.6 is 0 Å². The molecule has 8 aromatic rings. The monoisotopic (exact) mass is 1100 g/mol. The maximum absolute atomic E-state index is 12.6. The number of aromatic nitrogens is 3. The van der Waals surface area contributed by atoms with Crippen molar-refractivity contribution >= 4 is 11.0 Å². The molecule has 0 fully saturated rings. The zero-order valence-corrected chi connectivity index (χ0v) is 46.0. The van der Waals surface area contributed by atoms with E-state index in [2.05, 4.69) is 203 Å². The summed E-state index contributed by atoms with van der Waals surface area (Å²) < 4.78 is 20.1. The summed E-state index contributed by atoms with van der Waals surface area (Å²) in [6.45, 7) is 34.2. The second-order valence-corrected chi connectivity index (χ2v) is 23.4. The van der Waals surface area contributed by atoms with Gasteiger partial charge in [-0.2, -0.15) is 0 Å². The number of aromatic hydroxyl groups is 1. The van der Waals surface area contributed by atoms with Gasteiger partial charge >= 0.3 is 0 Å². The van der Waals surface area contributed by atoms with E-state index in [9.17, 15) is 5.11 Å². The minimum absolute atomic E-state index is 0. The molecule has 0 unspecified atom stereocenters. The number of pyridine rings is 1. The third kappa shape index (κ3) is 10.5. The van der Waals surface area contributed by atoms with Gasteiger partial charge in [0.15, 0.2) is 0 Å². The minimum Gasteiger partial charge on any atom is -0.507 e. The summed E-state index contributed by atoms with van der Waals surface area (Å²) in [5.74, 6) is -0.792. The Morgan fingerprint density at radius 3 is 1.72 bits per heavy atom. The van der Waals surface area contributed by atoms with E-state index in [4.69, 9.17) is 12.7 Å². The molecule has 6 aromatic carbocycles. The molecular weight excluding hydrogens is 1020 g/mol. The average Bonchev–Trinajstić information content (AvgIpc) is 3.66. The van der Waals surface area contributed by atoms with Gasteiger partial charge in [-0.1, -0.05) is 201 Å². The molecule has 0 bridgehead atoms. The molecule has 0 aliphatic heterocycles. The fourth-order valence-corrected chi connectivity index (χ4v) is 9.01. The summed E-state index contributed by atoms with van der Waals surface area (Å²) >= 11 is 0. The second kappa shape index (κ2) is 19.0. The van der Waals surface area contributed by atoms with Crippen LogP contribution in [0.2, 0.25) is 0 Å². The Hall–Kier alpha value is -5.57. The topological polar surface area (TPSA) is 50.9 Å². The largest absolute Gasteiger partial charge is 0.507 e. The quantitative estimate of drug-likeness (QED) is 0.154. The number of benzene rings is 6. The van der Waals surface area contributed by atoms with Gasteiger partial charge in [-0.05, 0) is 103 Å². The predicted octanol–water partition coefficient (Wildman–Crippen LogP) is 17.7. The molecule has 4 nitrogen and oxygen atoms in total. The van der Waals surface area contributed by atoms with Crippen LogP contribution in [0, 0.1) is 6.07 Å². The molecule has 2 aromatic heterocycles. The van der Waals surface area contributed by atoms with Crippen LogP contribution in [-0.2, 0) is 42.7 Å². The van der Waals surface area contributed by atoms with Crippen molar-refractivity contribution in [3.05, 3.63) is 167 Å². The summed E-state index contributed by atoms with van der Waals surface area (Å²) in [6.07, 6.45) is 1.85. The van der Waals surface area contributed by atoms with E-state index in [1.165, 1.54) is 5.56 Å². The number of phenolic OH excluding ortho intramolecular Hbond substituents is 1. The van der Waals surface area contributed by atoms with Crippen molar-refractivity contribution in [1.29, 1.82) is 0 Å². The van der Waals surface area contributed by atoms with E-state index in [1.54, 1.807) is 0 Å². The first-order valence-corrected chi connectivity index (χ1v) is 24.2. The van der Waals surface area contributed by atoms with Crippen molar-refractivity contribution in [1.82, 2.24) is 14.5 Å². The van der Waals surface area contributed by atoms with E-state index in [0.29, 0.717) is 11.4 Å². The first kappa shape index (κ1) is 48.5. The number of fused-ring (bicyclic) bond motifs is 1. The van der Waals surface area contributed by atoms with Crippen molar-refractivity contribution < 1.29 is 28.9 Å². The molecular formula is C64H72N3OPt-. The SMILES string of the molecule is [2H]C(C)(C)c1cc(-c2ccnc(-c3[c-]c(-c4cccc5c4nc(-c4cc(C(C)(C)C)cc(C(C)(C)C)c4O)n5-c4ccc(C(C)(C)C)cc4-c4ccccc4)cc(C(C)(C)C)c3)c2)cc(C([2H])(C)C)c1.[Pt]. The zero-order valence-electron chi connectivity index (χ0n) is 45.7. The van der Waals surface area contributed by atoms with Gasteiger partial charge in [0.1, 0.15) is 11.6 Å². The molecule has 360 valence electrons. The normalized spacial score (nSPS) is 13.3. The number of rotatable bonds is 8. The number of imidazole rings is 1. The second-order valence-electron chi connectivity index (χ2n) is 23.4. The number of hydrogen-bond donors (Lipinski definition) is 1. The third-order valence-electron chi connectivity index (χ3n) is 13.4. The Balaban J connectivity index is 0.00000741. The molecule has 1 N–H and O–H groups in total. The Kier molecular flexibility index (Phi) is 13.3. The van der Waals surface area contributed by atoms with Gasteiger partial charge in [-0.25, -0.2) is 4.98 Å². The van der Waals surface area contributed by atoms with Gasteiger partial charge < -0.3 is 5.11 Å². The third-order valence-corrected chi connectivity index (χ3v) is 13.4. The average molecular weight is 1100 g/mol. The van der Waals surface area contributed by atoms with Crippen molar-refractivity contribution in [3.8, 4) is 67.5 Å². The van der Waals surface area contributed by atoms with Crippen LogP contribution in [0.15, 0.2) is 128 Å². The minimum atomic E-state index is -0.842. The molecule has 2 heterocycles. The van der Waals surface area contributed by atoms with E-state index >= 15 is 0 Å². The molecule has 0 aliphatic carbocycles. The van der Waals surface area contributed by atoms with Crippen LogP contribution in [0.5, 0.6) is 5.75 Å². The summed E-state index contributed by atoms with van der Waals surface area (Å²) in [4.78, 5) is 10.7. The Bertz CT molecular complexity index is 3240. The van der Waals surface area contributed by atoms with Gasteiger partial charge in [-0.3, -0.25) is 9.55 Å². The standard InChI is InChI=1S/C64H72N3O.Pt/c1-39(2)43-29-44(40(3)4)31-45(30-43)42-27-28-65-55(35-42)47-32-46(33-49(34-47)62(8,9)10)51-23-20-24-57-58(51)66-60(53-37-50(63(11,12)13)38-54(59(53)68)64(14,15)16)67(57)56-26-25-48(61(5,6)7)36-52(56)41-21-18-17-19-22-41;/h17-31,33-40,68H,1-16H3;/q-1;/i39D,40D;. The smallest absolute Gasteiger partial charge is 0.148 e. The molecule has 0 spiro atoms. The Morgan fingerprint density at radius 2 is 1.13 bits per heavy atom. The first-order valence-electron chi connectivity index (χ1n) is 25.2. The first-order chi connectivity index (χ1) is 32.4. The summed E-state index contributed by atoms with van der Waals surface area (Å²) in [5.41, 5.74) is 16.1. The molecule has 0 saturated carbocycles. The number of phenols is 1. The summed E-state index contributed by atoms with van der Waals surface area (Å²) in [6, 6.07) is 46.7. The van der Waals surface area contributed by atoms with Gasteiger partial charge in [0, 0.05) is 46.8 Å².